The van der Waals surface area contributed by atoms with Crippen LogP contribution in [0.5, 0.6) is 0 Å². The SMILES string of the molecule is C=CCc1ccc(C(=O)C(C)CN2CCCC2)cc1. The number of Topliss-reactive ketones (excluding diaryl/α,β-unsaturated/α-hetero) is 1. The van der Waals surface area contributed by atoms with E-state index in [4.69, 9.17) is 0 Å². The van der Waals surface area contributed by atoms with E-state index in [9.17, 15) is 4.79 Å². The van der Waals surface area contributed by atoms with E-state index in [1.165, 1.54) is 18.4 Å². The maximum absolute atomic E-state index is 12.4. The maximum atomic E-state index is 12.4. The standard InChI is InChI=1S/C17H23NO/c1-3-6-15-7-9-16(10-8-15)17(19)14(2)13-18-11-4-5-12-18/h3,7-10,14H,1,4-6,11-13H2,2H3. The van der Waals surface area contributed by atoms with Crippen molar-refractivity contribution in [3.8, 4) is 0 Å². The molecule has 0 saturated carbocycles. The number of allylic oxidation sites excluding steroid dienone is 1. The molecule has 0 N–H and O–H groups in total. The number of hydrogen-bond donors (Lipinski definition) is 0. The highest BCUT2D eigenvalue weighted by Gasteiger charge is 2.20. The Bertz CT molecular complexity index is 429. The van der Waals surface area contributed by atoms with Crippen LogP contribution in [0.1, 0.15) is 35.7 Å². The van der Waals surface area contributed by atoms with Crippen molar-refractivity contribution < 1.29 is 4.79 Å². The molecule has 1 aromatic carbocycles. The monoisotopic (exact) mass is 257 g/mol. The van der Waals surface area contributed by atoms with Gasteiger partial charge in [0.25, 0.3) is 0 Å². The van der Waals surface area contributed by atoms with Crippen LogP contribution >= 0.6 is 0 Å². The van der Waals surface area contributed by atoms with E-state index in [1.54, 1.807) is 0 Å². The Hall–Kier alpha value is -1.41. The number of carbonyl (C=O) groups excluding carboxylic acids is 1. The van der Waals surface area contributed by atoms with Gasteiger partial charge in [0, 0.05) is 18.0 Å². The van der Waals surface area contributed by atoms with Crippen molar-refractivity contribution in [2.24, 2.45) is 5.92 Å². The molecule has 1 heterocycles. The van der Waals surface area contributed by atoms with Crippen molar-refractivity contribution in [1.29, 1.82) is 0 Å². The zero-order valence-corrected chi connectivity index (χ0v) is 11.8. The lowest BCUT2D eigenvalue weighted by molar-refractivity contribution is 0.0903. The summed E-state index contributed by atoms with van der Waals surface area (Å²) in [6.45, 7) is 8.96. The molecule has 2 nitrogen and oxygen atoms in total. The topological polar surface area (TPSA) is 20.3 Å². The van der Waals surface area contributed by atoms with Gasteiger partial charge < -0.3 is 4.90 Å². The first-order chi connectivity index (χ1) is 9.20. The van der Waals surface area contributed by atoms with Crippen molar-refractivity contribution >= 4 is 5.78 Å². The highest BCUT2D eigenvalue weighted by molar-refractivity contribution is 5.97. The van der Waals surface area contributed by atoms with Crippen molar-refractivity contribution in [3.05, 3.63) is 48.0 Å². The van der Waals surface area contributed by atoms with E-state index < -0.39 is 0 Å². The Morgan fingerprint density at radius 3 is 2.53 bits per heavy atom. The normalized spacial score (nSPS) is 17.3. The summed E-state index contributed by atoms with van der Waals surface area (Å²) in [4.78, 5) is 14.8. The van der Waals surface area contributed by atoms with E-state index in [2.05, 4.69) is 11.5 Å². The summed E-state index contributed by atoms with van der Waals surface area (Å²) in [6, 6.07) is 7.94. The second-order valence-electron chi connectivity index (χ2n) is 5.46. The Labute approximate surface area is 116 Å². The molecule has 102 valence electrons. The first-order valence-corrected chi connectivity index (χ1v) is 7.17. The summed E-state index contributed by atoms with van der Waals surface area (Å²) in [5, 5.41) is 0. The molecule has 2 heteroatoms. The highest BCUT2D eigenvalue weighted by atomic mass is 16.1. The lowest BCUT2D eigenvalue weighted by Gasteiger charge is -2.19. The average Bonchev–Trinajstić information content (AvgIpc) is 2.92. The lowest BCUT2D eigenvalue weighted by Crippen LogP contribution is -2.29. The number of ketones is 1. The van der Waals surface area contributed by atoms with Crippen molar-refractivity contribution in [3.63, 3.8) is 0 Å². The molecule has 1 aliphatic heterocycles. The van der Waals surface area contributed by atoms with E-state index in [-0.39, 0.29) is 11.7 Å². The fraction of sp³-hybridized carbons (Fsp3) is 0.471. The van der Waals surface area contributed by atoms with Crippen LogP contribution < -0.4 is 0 Å². The number of likely N-dealkylation sites (tertiary alicyclic amines) is 1. The van der Waals surface area contributed by atoms with Crippen LogP contribution in [0, 0.1) is 5.92 Å². The van der Waals surface area contributed by atoms with Crippen molar-refractivity contribution in [2.75, 3.05) is 19.6 Å². The van der Waals surface area contributed by atoms with Gasteiger partial charge in [0.1, 0.15) is 0 Å². The zero-order chi connectivity index (χ0) is 13.7. The summed E-state index contributed by atoms with van der Waals surface area (Å²) in [5.41, 5.74) is 2.04. The molecule has 1 saturated heterocycles. The van der Waals surface area contributed by atoms with Gasteiger partial charge in [-0.05, 0) is 37.9 Å². The zero-order valence-electron chi connectivity index (χ0n) is 11.8. The Morgan fingerprint density at radius 1 is 1.32 bits per heavy atom. The Morgan fingerprint density at radius 2 is 1.95 bits per heavy atom. The van der Waals surface area contributed by atoms with Crippen LogP contribution in [0.2, 0.25) is 0 Å². The summed E-state index contributed by atoms with van der Waals surface area (Å²) >= 11 is 0. The van der Waals surface area contributed by atoms with Gasteiger partial charge in [-0.1, -0.05) is 37.3 Å². The smallest absolute Gasteiger partial charge is 0.166 e. The lowest BCUT2D eigenvalue weighted by atomic mass is 9.97. The van der Waals surface area contributed by atoms with Gasteiger partial charge in [0.05, 0.1) is 0 Å². The molecule has 0 aliphatic carbocycles. The van der Waals surface area contributed by atoms with Gasteiger partial charge in [0.2, 0.25) is 0 Å². The molecule has 0 bridgehead atoms. The summed E-state index contributed by atoms with van der Waals surface area (Å²) in [5.74, 6) is 0.348. The molecular formula is C17H23NO. The van der Waals surface area contributed by atoms with Crippen LogP contribution in [0.4, 0.5) is 0 Å². The minimum Gasteiger partial charge on any atom is -0.303 e. The minimum absolute atomic E-state index is 0.0864. The molecule has 1 unspecified atom stereocenters. The average molecular weight is 257 g/mol. The molecule has 1 aliphatic rings. The fourth-order valence-electron chi connectivity index (χ4n) is 2.69. The van der Waals surface area contributed by atoms with E-state index in [0.717, 1.165) is 31.6 Å². The number of carbonyl (C=O) groups is 1. The molecule has 0 spiro atoms. The van der Waals surface area contributed by atoms with Crippen LogP contribution in [-0.4, -0.2) is 30.3 Å². The van der Waals surface area contributed by atoms with Crippen LogP contribution in [0.15, 0.2) is 36.9 Å². The van der Waals surface area contributed by atoms with Gasteiger partial charge in [-0.25, -0.2) is 0 Å². The minimum atomic E-state index is 0.0864. The highest BCUT2D eigenvalue weighted by Crippen LogP contribution is 2.15. The van der Waals surface area contributed by atoms with Gasteiger partial charge in [0.15, 0.2) is 5.78 Å². The van der Waals surface area contributed by atoms with Crippen LogP contribution in [0.25, 0.3) is 0 Å². The Kier molecular flexibility index (Phi) is 4.92. The first-order valence-electron chi connectivity index (χ1n) is 7.17. The quantitative estimate of drug-likeness (QED) is 0.575. The predicted octanol–water partition coefficient (Wildman–Crippen LogP) is 3.33. The second kappa shape index (κ2) is 6.67. The summed E-state index contributed by atoms with van der Waals surface area (Å²) < 4.78 is 0. The third-order valence-corrected chi connectivity index (χ3v) is 3.80. The summed E-state index contributed by atoms with van der Waals surface area (Å²) in [7, 11) is 0. The van der Waals surface area contributed by atoms with Crippen molar-refractivity contribution in [2.45, 2.75) is 26.2 Å². The molecular weight excluding hydrogens is 234 g/mol. The molecule has 0 amide bonds. The number of nitrogens with zero attached hydrogens (tertiary/aromatic N) is 1. The maximum Gasteiger partial charge on any atom is 0.166 e. The third-order valence-electron chi connectivity index (χ3n) is 3.80. The largest absolute Gasteiger partial charge is 0.303 e. The van der Waals surface area contributed by atoms with Crippen LogP contribution in [-0.2, 0) is 6.42 Å². The number of benzene rings is 1. The van der Waals surface area contributed by atoms with E-state index in [1.807, 2.05) is 37.3 Å². The fourth-order valence-corrected chi connectivity index (χ4v) is 2.69. The molecule has 2 rings (SSSR count). The van der Waals surface area contributed by atoms with Crippen molar-refractivity contribution in [1.82, 2.24) is 4.90 Å². The first kappa shape index (κ1) is 14.0. The molecule has 0 radical (unpaired) electrons. The molecule has 19 heavy (non-hydrogen) atoms. The number of rotatable bonds is 6. The number of hydrogen-bond acceptors (Lipinski definition) is 2. The van der Waals surface area contributed by atoms with Gasteiger partial charge >= 0.3 is 0 Å². The molecule has 1 aromatic rings. The molecule has 0 aromatic heterocycles. The van der Waals surface area contributed by atoms with Gasteiger partial charge in [-0.2, -0.15) is 0 Å². The van der Waals surface area contributed by atoms with Crippen LogP contribution in [0.3, 0.4) is 0 Å². The van der Waals surface area contributed by atoms with Gasteiger partial charge in [-0.3, -0.25) is 4.79 Å². The molecule has 1 atom stereocenters. The van der Waals surface area contributed by atoms with E-state index >= 15 is 0 Å². The second-order valence-corrected chi connectivity index (χ2v) is 5.46. The Balaban J connectivity index is 1.95. The predicted molar refractivity (Wildman–Crippen MR) is 79.5 cm³/mol. The van der Waals surface area contributed by atoms with E-state index in [0.29, 0.717) is 0 Å². The summed E-state index contributed by atoms with van der Waals surface area (Å²) in [6.07, 6.45) is 5.29. The van der Waals surface area contributed by atoms with Gasteiger partial charge in [-0.15, -0.1) is 6.58 Å². The third kappa shape index (κ3) is 3.77. The molecule has 1 fully saturated rings.